The van der Waals surface area contributed by atoms with E-state index in [1.165, 1.54) is 11.1 Å². The Morgan fingerprint density at radius 3 is 2.95 bits per heavy atom. The van der Waals surface area contributed by atoms with E-state index < -0.39 is 0 Å². The van der Waals surface area contributed by atoms with Crippen LogP contribution < -0.4 is 10.1 Å². The molecule has 0 radical (unpaired) electrons. The molecule has 4 heteroatoms. The first-order valence-electron chi connectivity index (χ1n) is 7.06. The number of para-hydroxylation sites is 1. The second-order valence-electron chi connectivity index (χ2n) is 5.21. The van der Waals surface area contributed by atoms with Crippen LogP contribution in [0.25, 0.3) is 0 Å². The summed E-state index contributed by atoms with van der Waals surface area (Å²) >= 11 is 9.81. The van der Waals surface area contributed by atoms with E-state index in [-0.39, 0.29) is 5.38 Å². The predicted molar refractivity (Wildman–Crippen MR) is 91.4 cm³/mol. The van der Waals surface area contributed by atoms with Crippen LogP contribution in [0, 0.1) is 0 Å². The number of hydrogen-bond donors (Lipinski definition) is 1. The summed E-state index contributed by atoms with van der Waals surface area (Å²) in [4.78, 5) is 0. The van der Waals surface area contributed by atoms with Gasteiger partial charge in [0.05, 0.1) is 12.0 Å². The normalized spacial score (nSPS) is 14.4. The highest BCUT2D eigenvalue weighted by atomic mass is 79.9. The van der Waals surface area contributed by atoms with E-state index in [0.29, 0.717) is 0 Å². The molecule has 0 spiro atoms. The first-order valence-corrected chi connectivity index (χ1v) is 8.29. The molecule has 2 aromatic rings. The van der Waals surface area contributed by atoms with E-state index in [4.69, 9.17) is 16.3 Å². The van der Waals surface area contributed by atoms with Crippen LogP contribution in [0.5, 0.6) is 5.75 Å². The number of alkyl halides is 1. The summed E-state index contributed by atoms with van der Waals surface area (Å²) in [5.41, 5.74) is 4.65. The fourth-order valence-electron chi connectivity index (χ4n) is 2.67. The minimum Gasteiger partial charge on any atom is -0.493 e. The van der Waals surface area contributed by atoms with Crippen molar-refractivity contribution in [2.75, 3.05) is 11.9 Å². The lowest BCUT2D eigenvalue weighted by molar-refractivity contribution is 0.354. The maximum atomic E-state index is 6.24. The fraction of sp³-hybridized carbons (Fsp3) is 0.294. The van der Waals surface area contributed by atoms with E-state index in [9.17, 15) is 0 Å². The van der Waals surface area contributed by atoms with E-state index in [2.05, 4.69) is 45.5 Å². The zero-order valence-corrected chi connectivity index (χ0v) is 14.2. The standard InChI is InChI=1S/C17H17BrClNO/c1-11(19)15-4-2-3-5-16(15)20-10-13-9-14(18)8-12-6-7-21-17(12)13/h2-5,8-9,11,20H,6-7,10H2,1H3. The molecular weight excluding hydrogens is 350 g/mol. The number of halogens is 2. The second-order valence-corrected chi connectivity index (χ2v) is 6.78. The number of benzene rings is 2. The summed E-state index contributed by atoms with van der Waals surface area (Å²) < 4.78 is 6.86. The molecule has 1 unspecified atom stereocenters. The summed E-state index contributed by atoms with van der Waals surface area (Å²) in [5.74, 6) is 1.03. The number of fused-ring (bicyclic) bond motifs is 1. The number of anilines is 1. The van der Waals surface area contributed by atoms with Gasteiger partial charge in [-0.05, 0) is 36.2 Å². The van der Waals surface area contributed by atoms with Crippen molar-refractivity contribution in [1.29, 1.82) is 0 Å². The number of hydrogen-bond acceptors (Lipinski definition) is 2. The Labute approximate surface area is 138 Å². The molecule has 0 aliphatic carbocycles. The molecule has 1 aliphatic rings. The van der Waals surface area contributed by atoms with Gasteiger partial charge in [0.1, 0.15) is 5.75 Å². The van der Waals surface area contributed by atoms with Crippen molar-refractivity contribution in [3.8, 4) is 5.75 Å². The van der Waals surface area contributed by atoms with Gasteiger partial charge in [-0.15, -0.1) is 11.6 Å². The minimum atomic E-state index is -0.0156. The summed E-state index contributed by atoms with van der Waals surface area (Å²) in [6.45, 7) is 3.48. The molecule has 0 fully saturated rings. The van der Waals surface area contributed by atoms with Crippen molar-refractivity contribution in [1.82, 2.24) is 0 Å². The molecule has 0 aromatic heterocycles. The van der Waals surface area contributed by atoms with Gasteiger partial charge in [0, 0.05) is 28.7 Å². The fourth-order valence-corrected chi connectivity index (χ4v) is 3.42. The highest BCUT2D eigenvalue weighted by molar-refractivity contribution is 9.10. The maximum Gasteiger partial charge on any atom is 0.127 e. The molecule has 1 aliphatic heterocycles. The Kier molecular flexibility index (Phi) is 4.41. The van der Waals surface area contributed by atoms with E-state index in [1.807, 2.05) is 19.1 Å². The van der Waals surface area contributed by atoms with Crippen LogP contribution in [-0.2, 0) is 13.0 Å². The van der Waals surface area contributed by atoms with Crippen molar-refractivity contribution in [2.45, 2.75) is 25.3 Å². The Morgan fingerprint density at radius 1 is 1.33 bits per heavy atom. The molecule has 0 amide bonds. The number of rotatable bonds is 4. The van der Waals surface area contributed by atoms with E-state index >= 15 is 0 Å². The quantitative estimate of drug-likeness (QED) is 0.742. The Hall–Kier alpha value is -1.19. The molecule has 1 heterocycles. The topological polar surface area (TPSA) is 21.3 Å². The average Bonchev–Trinajstić information content (AvgIpc) is 2.93. The Bertz CT molecular complexity index is 657. The van der Waals surface area contributed by atoms with Crippen molar-refractivity contribution in [2.24, 2.45) is 0 Å². The maximum absolute atomic E-state index is 6.24. The van der Waals surface area contributed by atoms with Gasteiger partial charge in [-0.1, -0.05) is 34.1 Å². The smallest absolute Gasteiger partial charge is 0.127 e. The van der Waals surface area contributed by atoms with Crippen LogP contribution in [0.2, 0.25) is 0 Å². The molecular formula is C17H17BrClNO. The first-order chi connectivity index (χ1) is 10.1. The lowest BCUT2D eigenvalue weighted by atomic mass is 10.1. The third kappa shape index (κ3) is 3.19. The minimum absolute atomic E-state index is 0.0156. The largest absolute Gasteiger partial charge is 0.493 e. The third-order valence-electron chi connectivity index (χ3n) is 3.68. The molecule has 0 saturated heterocycles. The number of nitrogens with one attached hydrogen (secondary N) is 1. The predicted octanol–water partition coefficient (Wildman–Crippen LogP) is 5.30. The van der Waals surface area contributed by atoms with Crippen LogP contribution in [0.4, 0.5) is 5.69 Å². The molecule has 1 N–H and O–H groups in total. The molecule has 3 rings (SSSR count). The van der Waals surface area contributed by atoms with Crippen LogP contribution in [-0.4, -0.2) is 6.61 Å². The van der Waals surface area contributed by atoms with Crippen LogP contribution in [0.3, 0.4) is 0 Å². The Balaban J connectivity index is 1.83. The van der Waals surface area contributed by atoms with Gasteiger partial charge in [-0.25, -0.2) is 0 Å². The third-order valence-corrected chi connectivity index (χ3v) is 4.38. The summed E-state index contributed by atoms with van der Waals surface area (Å²) in [6.07, 6.45) is 0.983. The van der Waals surface area contributed by atoms with Gasteiger partial charge in [-0.3, -0.25) is 0 Å². The second kappa shape index (κ2) is 6.29. The van der Waals surface area contributed by atoms with E-state index in [0.717, 1.165) is 41.0 Å². The molecule has 2 aromatic carbocycles. The zero-order valence-electron chi connectivity index (χ0n) is 11.8. The van der Waals surface area contributed by atoms with Crippen LogP contribution in [0.15, 0.2) is 40.9 Å². The summed E-state index contributed by atoms with van der Waals surface area (Å²) in [5, 5.41) is 3.47. The van der Waals surface area contributed by atoms with Crippen molar-refractivity contribution in [3.63, 3.8) is 0 Å². The highest BCUT2D eigenvalue weighted by Crippen LogP contribution is 2.34. The van der Waals surface area contributed by atoms with Gasteiger partial charge in [0.2, 0.25) is 0 Å². The lowest BCUT2D eigenvalue weighted by Crippen LogP contribution is -2.04. The SMILES string of the molecule is CC(Cl)c1ccccc1NCc1cc(Br)cc2c1OCC2. The molecule has 1 atom stereocenters. The van der Waals surface area contributed by atoms with Gasteiger partial charge in [0.15, 0.2) is 0 Å². The van der Waals surface area contributed by atoms with Crippen LogP contribution in [0.1, 0.15) is 29.0 Å². The zero-order chi connectivity index (χ0) is 14.8. The molecule has 2 nitrogen and oxygen atoms in total. The molecule has 110 valence electrons. The Morgan fingerprint density at radius 2 is 2.14 bits per heavy atom. The highest BCUT2D eigenvalue weighted by Gasteiger charge is 2.17. The van der Waals surface area contributed by atoms with Crippen molar-refractivity contribution >= 4 is 33.2 Å². The number of ether oxygens (including phenoxy) is 1. The summed E-state index contributed by atoms with van der Waals surface area (Å²) in [7, 11) is 0. The van der Waals surface area contributed by atoms with Crippen LogP contribution >= 0.6 is 27.5 Å². The van der Waals surface area contributed by atoms with Gasteiger partial charge in [0.25, 0.3) is 0 Å². The van der Waals surface area contributed by atoms with Crippen molar-refractivity contribution < 1.29 is 4.74 Å². The van der Waals surface area contributed by atoms with Crippen molar-refractivity contribution in [3.05, 3.63) is 57.6 Å². The molecule has 0 bridgehead atoms. The van der Waals surface area contributed by atoms with Gasteiger partial charge < -0.3 is 10.1 Å². The average molecular weight is 367 g/mol. The first kappa shape index (κ1) is 14.7. The summed E-state index contributed by atoms with van der Waals surface area (Å²) in [6, 6.07) is 12.4. The lowest BCUT2D eigenvalue weighted by Gasteiger charge is -2.15. The van der Waals surface area contributed by atoms with Gasteiger partial charge >= 0.3 is 0 Å². The molecule has 0 saturated carbocycles. The van der Waals surface area contributed by atoms with Gasteiger partial charge in [-0.2, -0.15) is 0 Å². The monoisotopic (exact) mass is 365 g/mol. The van der Waals surface area contributed by atoms with E-state index in [1.54, 1.807) is 0 Å². The molecule has 21 heavy (non-hydrogen) atoms.